The van der Waals surface area contributed by atoms with Crippen molar-refractivity contribution in [3.63, 3.8) is 0 Å². The van der Waals surface area contributed by atoms with Crippen LogP contribution < -0.4 is 0 Å². The highest BCUT2D eigenvalue weighted by atomic mass is 32.3. The standard InChI is InChI=1S/C4H10O.C3H8O6S/c1-3-5-4-2;4-1-3(5)2-9-10(6,7)8/h3-4H2,1-2H3;3-5H,1-2H2,(H,6,7,8). The molecule has 0 aliphatic carbocycles. The molecule has 1 unspecified atom stereocenters. The average molecular weight is 246 g/mol. The molecular weight excluding hydrogens is 228 g/mol. The highest BCUT2D eigenvalue weighted by molar-refractivity contribution is 7.80. The number of aliphatic hydroxyl groups is 2. The van der Waals surface area contributed by atoms with Crippen molar-refractivity contribution < 1.29 is 32.1 Å². The Bertz CT molecular complexity index is 211. The van der Waals surface area contributed by atoms with Crippen LogP contribution in [0.25, 0.3) is 0 Å². The predicted molar refractivity (Wildman–Crippen MR) is 52.8 cm³/mol. The first-order chi connectivity index (χ1) is 6.87. The molecule has 0 amide bonds. The molecule has 7 nitrogen and oxygen atoms in total. The highest BCUT2D eigenvalue weighted by Crippen LogP contribution is 1.89. The fourth-order valence-corrected chi connectivity index (χ4v) is 0.750. The zero-order valence-electron chi connectivity index (χ0n) is 8.79. The van der Waals surface area contributed by atoms with Gasteiger partial charge in [0.1, 0.15) is 6.10 Å². The molecule has 0 saturated heterocycles. The number of hydrogen-bond acceptors (Lipinski definition) is 6. The molecule has 15 heavy (non-hydrogen) atoms. The van der Waals surface area contributed by atoms with Crippen molar-refractivity contribution in [3.8, 4) is 0 Å². The number of ether oxygens (including phenoxy) is 1. The smallest absolute Gasteiger partial charge is 0.394 e. The molecular formula is C7H18O7S. The second-order valence-electron chi connectivity index (χ2n) is 2.33. The second kappa shape index (κ2) is 10.3. The summed E-state index contributed by atoms with van der Waals surface area (Å²) in [5.74, 6) is 0. The fourth-order valence-electron chi connectivity index (χ4n) is 0.421. The third kappa shape index (κ3) is 20.0. The Morgan fingerprint density at radius 2 is 1.73 bits per heavy atom. The van der Waals surface area contributed by atoms with Crippen LogP contribution >= 0.6 is 0 Å². The molecule has 0 bridgehead atoms. The van der Waals surface area contributed by atoms with Gasteiger partial charge >= 0.3 is 10.4 Å². The maximum Gasteiger partial charge on any atom is 0.397 e. The Morgan fingerprint density at radius 1 is 1.27 bits per heavy atom. The van der Waals surface area contributed by atoms with Crippen LogP contribution in [0.15, 0.2) is 0 Å². The molecule has 0 heterocycles. The molecule has 0 fully saturated rings. The van der Waals surface area contributed by atoms with E-state index in [1.54, 1.807) is 0 Å². The van der Waals surface area contributed by atoms with Crippen LogP contribution in [-0.4, -0.2) is 55.7 Å². The van der Waals surface area contributed by atoms with Crippen molar-refractivity contribution in [2.75, 3.05) is 26.4 Å². The average Bonchev–Trinajstić information content (AvgIpc) is 2.15. The summed E-state index contributed by atoms with van der Waals surface area (Å²) < 4.78 is 36.0. The normalized spacial score (nSPS) is 12.9. The van der Waals surface area contributed by atoms with Crippen LogP contribution in [0.4, 0.5) is 0 Å². The van der Waals surface area contributed by atoms with Gasteiger partial charge in [-0.05, 0) is 13.8 Å². The van der Waals surface area contributed by atoms with E-state index in [2.05, 4.69) is 4.18 Å². The van der Waals surface area contributed by atoms with Crippen molar-refractivity contribution in [1.82, 2.24) is 0 Å². The Kier molecular flexibility index (Phi) is 11.7. The quantitative estimate of drug-likeness (QED) is 0.526. The van der Waals surface area contributed by atoms with Gasteiger partial charge in [-0.2, -0.15) is 8.42 Å². The van der Waals surface area contributed by atoms with Gasteiger partial charge in [-0.3, -0.25) is 4.55 Å². The Balaban J connectivity index is 0. The van der Waals surface area contributed by atoms with Gasteiger partial charge in [0, 0.05) is 13.2 Å². The number of rotatable bonds is 6. The van der Waals surface area contributed by atoms with E-state index in [-0.39, 0.29) is 0 Å². The highest BCUT2D eigenvalue weighted by Gasteiger charge is 2.08. The van der Waals surface area contributed by atoms with Crippen LogP contribution in [-0.2, 0) is 19.3 Å². The molecule has 8 heteroatoms. The predicted octanol–water partition coefficient (Wildman–Crippen LogP) is -0.798. The first-order valence-electron chi connectivity index (χ1n) is 4.35. The van der Waals surface area contributed by atoms with E-state index in [9.17, 15) is 8.42 Å². The van der Waals surface area contributed by atoms with Gasteiger partial charge in [0.2, 0.25) is 0 Å². The van der Waals surface area contributed by atoms with E-state index >= 15 is 0 Å². The lowest BCUT2D eigenvalue weighted by Gasteiger charge is -2.03. The van der Waals surface area contributed by atoms with E-state index in [0.29, 0.717) is 0 Å². The van der Waals surface area contributed by atoms with Gasteiger partial charge in [0.15, 0.2) is 0 Å². The molecule has 0 aromatic carbocycles. The van der Waals surface area contributed by atoms with Gasteiger partial charge in [-0.25, -0.2) is 4.18 Å². The summed E-state index contributed by atoms with van der Waals surface area (Å²) in [5.41, 5.74) is 0. The molecule has 0 rings (SSSR count). The second-order valence-corrected chi connectivity index (χ2v) is 3.42. The van der Waals surface area contributed by atoms with E-state index in [0.717, 1.165) is 13.2 Å². The summed E-state index contributed by atoms with van der Waals surface area (Å²) in [6.07, 6.45) is -1.29. The van der Waals surface area contributed by atoms with Crippen molar-refractivity contribution in [2.45, 2.75) is 20.0 Å². The Hall–Kier alpha value is -0.250. The van der Waals surface area contributed by atoms with Crippen LogP contribution in [0.2, 0.25) is 0 Å². The molecule has 0 aliphatic heterocycles. The van der Waals surface area contributed by atoms with E-state index in [4.69, 9.17) is 19.5 Å². The minimum Gasteiger partial charge on any atom is -0.394 e. The van der Waals surface area contributed by atoms with Crippen molar-refractivity contribution in [3.05, 3.63) is 0 Å². The van der Waals surface area contributed by atoms with Gasteiger partial charge in [-0.1, -0.05) is 0 Å². The zero-order valence-corrected chi connectivity index (χ0v) is 9.61. The molecule has 0 aromatic rings. The lowest BCUT2D eigenvalue weighted by atomic mass is 10.4. The number of hydrogen-bond donors (Lipinski definition) is 3. The summed E-state index contributed by atoms with van der Waals surface area (Å²) in [7, 11) is -4.50. The van der Waals surface area contributed by atoms with Gasteiger partial charge in [0.05, 0.1) is 13.2 Å². The summed E-state index contributed by atoms with van der Waals surface area (Å²) in [4.78, 5) is 0. The van der Waals surface area contributed by atoms with Crippen LogP contribution in [0.5, 0.6) is 0 Å². The van der Waals surface area contributed by atoms with Crippen molar-refractivity contribution in [2.24, 2.45) is 0 Å². The Morgan fingerprint density at radius 3 is 1.93 bits per heavy atom. The maximum absolute atomic E-state index is 9.79. The van der Waals surface area contributed by atoms with E-state index < -0.39 is 29.7 Å². The van der Waals surface area contributed by atoms with Crippen LogP contribution in [0, 0.1) is 0 Å². The third-order valence-electron chi connectivity index (χ3n) is 1.03. The monoisotopic (exact) mass is 246 g/mol. The molecule has 0 aromatic heterocycles. The first-order valence-corrected chi connectivity index (χ1v) is 5.72. The molecule has 0 aliphatic rings. The summed E-state index contributed by atoms with van der Waals surface area (Å²) in [5, 5.41) is 16.6. The van der Waals surface area contributed by atoms with Gasteiger partial charge in [0.25, 0.3) is 0 Å². The lowest BCUT2D eigenvalue weighted by molar-refractivity contribution is 0.0517. The molecule has 0 saturated carbocycles. The summed E-state index contributed by atoms with van der Waals surface area (Å²) in [6, 6.07) is 0. The van der Waals surface area contributed by atoms with E-state index in [1.165, 1.54) is 0 Å². The molecule has 0 spiro atoms. The fraction of sp³-hybridized carbons (Fsp3) is 1.00. The topological polar surface area (TPSA) is 113 Å². The first kappa shape index (κ1) is 17.2. The van der Waals surface area contributed by atoms with Crippen molar-refractivity contribution >= 4 is 10.4 Å². The molecule has 1 atom stereocenters. The molecule has 0 radical (unpaired) electrons. The van der Waals surface area contributed by atoms with Gasteiger partial charge < -0.3 is 14.9 Å². The van der Waals surface area contributed by atoms with E-state index in [1.807, 2.05) is 13.8 Å². The van der Waals surface area contributed by atoms with Crippen LogP contribution in [0.3, 0.4) is 0 Å². The third-order valence-corrected chi connectivity index (χ3v) is 1.46. The zero-order chi connectivity index (χ0) is 12.3. The Labute approximate surface area is 89.6 Å². The van der Waals surface area contributed by atoms with Crippen LogP contribution in [0.1, 0.15) is 13.8 Å². The SMILES string of the molecule is CCOCC.O=S(=O)(O)OCC(O)CO. The minimum absolute atomic E-state index is 0.616. The molecule has 94 valence electrons. The van der Waals surface area contributed by atoms with Crippen molar-refractivity contribution in [1.29, 1.82) is 0 Å². The number of aliphatic hydroxyl groups excluding tert-OH is 2. The van der Waals surface area contributed by atoms with Gasteiger partial charge in [-0.15, -0.1) is 0 Å². The lowest BCUT2D eigenvalue weighted by Crippen LogP contribution is -2.21. The summed E-state index contributed by atoms with van der Waals surface area (Å²) >= 11 is 0. The minimum atomic E-state index is -4.50. The largest absolute Gasteiger partial charge is 0.397 e. The molecule has 3 N–H and O–H groups in total. The maximum atomic E-state index is 9.79. The summed E-state index contributed by atoms with van der Waals surface area (Å²) in [6.45, 7) is 4.41.